The normalized spacial score (nSPS) is 19.0. The first-order chi connectivity index (χ1) is 7.84. The number of carbonyl (C=O) groups is 1. The van der Waals surface area contributed by atoms with E-state index < -0.39 is 0 Å². The van der Waals surface area contributed by atoms with E-state index in [1.54, 1.807) is 10.8 Å². The molecule has 0 amide bonds. The van der Waals surface area contributed by atoms with Gasteiger partial charge in [-0.05, 0) is 17.7 Å². The molecule has 0 fully saturated rings. The Morgan fingerprint density at radius 3 is 2.75 bits per heavy atom. The van der Waals surface area contributed by atoms with Crippen LogP contribution in [-0.2, 0) is 11.2 Å². The summed E-state index contributed by atoms with van der Waals surface area (Å²) in [6.07, 6.45) is 2.03. The van der Waals surface area contributed by atoms with Gasteiger partial charge in [-0.3, -0.25) is 4.57 Å². The number of fused-ring (bicyclic) bond motifs is 1. The minimum atomic E-state index is -0.292. The molecule has 16 heavy (non-hydrogen) atoms. The predicted octanol–water partition coefficient (Wildman–Crippen LogP) is 2.77. The van der Waals surface area contributed by atoms with Crippen molar-refractivity contribution in [3.05, 3.63) is 59.9 Å². The zero-order valence-corrected chi connectivity index (χ0v) is 8.67. The number of hydrogen-bond acceptors (Lipinski definition) is 2. The second-order valence-electron chi connectivity index (χ2n) is 3.86. The lowest BCUT2D eigenvalue weighted by atomic mass is 10.0. The first-order valence-electron chi connectivity index (χ1n) is 5.27. The lowest BCUT2D eigenvalue weighted by Crippen LogP contribution is -2.26. The van der Waals surface area contributed by atoms with Crippen molar-refractivity contribution in [2.45, 2.75) is 12.5 Å². The van der Waals surface area contributed by atoms with Crippen LogP contribution in [0.1, 0.15) is 17.4 Å². The Labute approximate surface area is 93.3 Å². The van der Waals surface area contributed by atoms with Gasteiger partial charge in [0.1, 0.15) is 6.10 Å². The molecular weight excluding hydrogens is 202 g/mol. The molecule has 1 atom stereocenters. The maximum atomic E-state index is 11.7. The van der Waals surface area contributed by atoms with E-state index in [0.717, 1.165) is 17.7 Å². The molecule has 1 aliphatic rings. The number of ether oxygens (including phenoxy) is 1. The molecule has 0 bridgehead atoms. The molecule has 0 N–H and O–H groups in total. The third-order valence-corrected chi connectivity index (χ3v) is 2.84. The molecule has 0 saturated carbocycles. The summed E-state index contributed by atoms with van der Waals surface area (Å²) in [7, 11) is 0. The fourth-order valence-electron chi connectivity index (χ4n) is 2.02. The van der Waals surface area contributed by atoms with Crippen molar-refractivity contribution in [3.8, 4) is 0 Å². The zero-order valence-electron chi connectivity index (χ0n) is 8.67. The van der Waals surface area contributed by atoms with Crippen LogP contribution in [0.15, 0.2) is 48.7 Å². The third-order valence-electron chi connectivity index (χ3n) is 2.84. The Morgan fingerprint density at radius 1 is 1.12 bits per heavy atom. The largest absolute Gasteiger partial charge is 0.440 e. The van der Waals surface area contributed by atoms with Gasteiger partial charge in [0.15, 0.2) is 0 Å². The van der Waals surface area contributed by atoms with Crippen molar-refractivity contribution in [1.29, 1.82) is 0 Å². The summed E-state index contributed by atoms with van der Waals surface area (Å²) in [5, 5.41) is 0. The van der Waals surface area contributed by atoms with Gasteiger partial charge in [-0.2, -0.15) is 0 Å². The summed E-state index contributed by atoms with van der Waals surface area (Å²) in [5.74, 6) is 0. The van der Waals surface area contributed by atoms with Crippen LogP contribution in [0.4, 0.5) is 4.79 Å². The fraction of sp³-hybridized carbons (Fsp3) is 0.154. The maximum Gasteiger partial charge on any atom is 0.418 e. The third kappa shape index (κ3) is 1.41. The van der Waals surface area contributed by atoms with Crippen molar-refractivity contribution in [2.75, 3.05) is 0 Å². The molecule has 3 rings (SSSR count). The van der Waals surface area contributed by atoms with Crippen LogP contribution in [0.25, 0.3) is 0 Å². The van der Waals surface area contributed by atoms with E-state index in [0.29, 0.717) is 0 Å². The highest BCUT2D eigenvalue weighted by Gasteiger charge is 2.26. The van der Waals surface area contributed by atoms with Crippen molar-refractivity contribution >= 4 is 6.09 Å². The molecule has 3 heteroatoms. The van der Waals surface area contributed by atoms with Crippen LogP contribution in [-0.4, -0.2) is 10.7 Å². The SMILES string of the molecule is O=C1OC(c2ccccc2)Cc2cccn21. The van der Waals surface area contributed by atoms with Crippen LogP contribution in [0.5, 0.6) is 0 Å². The smallest absolute Gasteiger partial charge is 0.418 e. The Kier molecular flexibility index (Phi) is 2.03. The summed E-state index contributed by atoms with van der Waals surface area (Å²) in [5.41, 5.74) is 2.05. The highest BCUT2D eigenvalue weighted by molar-refractivity contribution is 5.73. The van der Waals surface area contributed by atoms with Gasteiger partial charge in [0.2, 0.25) is 0 Å². The first kappa shape index (κ1) is 9.21. The van der Waals surface area contributed by atoms with E-state index in [-0.39, 0.29) is 12.2 Å². The van der Waals surface area contributed by atoms with Gasteiger partial charge in [0.25, 0.3) is 0 Å². The van der Waals surface area contributed by atoms with Gasteiger partial charge >= 0.3 is 6.09 Å². The highest BCUT2D eigenvalue weighted by atomic mass is 16.6. The molecule has 3 nitrogen and oxygen atoms in total. The Bertz CT molecular complexity index is 516. The Morgan fingerprint density at radius 2 is 1.94 bits per heavy atom. The number of cyclic esters (lactones) is 1. The predicted molar refractivity (Wildman–Crippen MR) is 59.2 cm³/mol. The lowest BCUT2D eigenvalue weighted by Gasteiger charge is -2.24. The van der Waals surface area contributed by atoms with Crippen molar-refractivity contribution in [3.63, 3.8) is 0 Å². The number of nitrogens with zero attached hydrogens (tertiary/aromatic N) is 1. The maximum absolute atomic E-state index is 11.7. The molecule has 0 saturated heterocycles. The molecule has 0 spiro atoms. The van der Waals surface area contributed by atoms with Gasteiger partial charge in [-0.1, -0.05) is 30.3 Å². The molecule has 1 aromatic carbocycles. The molecule has 1 aromatic heterocycles. The van der Waals surface area contributed by atoms with E-state index >= 15 is 0 Å². The van der Waals surface area contributed by atoms with Crippen molar-refractivity contribution in [2.24, 2.45) is 0 Å². The van der Waals surface area contributed by atoms with Crippen LogP contribution in [0.2, 0.25) is 0 Å². The van der Waals surface area contributed by atoms with Crippen LogP contribution in [0.3, 0.4) is 0 Å². The van der Waals surface area contributed by atoms with Crippen molar-refractivity contribution in [1.82, 2.24) is 4.57 Å². The minimum Gasteiger partial charge on any atom is -0.440 e. The van der Waals surface area contributed by atoms with E-state index in [9.17, 15) is 4.79 Å². The first-order valence-corrected chi connectivity index (χ1v) is 5.27. The van der Waals surface area contributed by atoms with Gasteiger partial charge in [0.05, 0.1) is 0 Å². The standard InChI is InChI=1S/C13H11NO2/c15-13-14-8-4-7-11(14)9-12(16-13)10-5-2-1-3-6-10/h1-8,12H,9H2. The number of hydrogen-bond donors (Lipinski definition) is 0. The summed E-state index contributed by atoms with van der Waals surface area (Å²) >= 11 is 0. The monoisotopic (exact) mass is 213 g/mol. The van der Waals surface area contributed by atoms with Gasteiger partial charge in [-0.25, -0.2) is 4.79 Å². The minimum absolute atomic E-state index is 0.156. The molecular formula is C13H11NO2. The van der Waals surface area contributed by atoms with Crippen LogP contribution in [0, 0.1) is 0 Å². The number of aromatic nitrogens is 1. The molecule has 2 heterocycles. The highest BCUT2D eigenvalue weighted by Crippen LogP contribution is 2.27. The molecule has 80 valence electrons. The Hall–Kier alpha value is -2.03. The van der Waals surface area contributed by atoms with Crippen LogP contribution < -0.4 is 0 Å². The average Bonchev–Trinajstić information content (AvgIpc) is 2.79. The van der Waals surface area contributed by atoms with E-state index in [2.05, 4.69) is 0 Å². The number of benzene rings is 1. The van der Waals surface area contributed by atoms with E-state index in [1.165, 1.54) is 0 Å². The van der Waals surface area contributed by atoms with Crippen molar-refractivity contribution < 1.29 is 9.53 Å². The topological polar surface area (TPSA) is 31.2 Å². The number of carbonyl (C=O) groups excluding carboxylic acids is 1. The molecule has 0 aliphatic carbocycles. The summed E-state index contributed by atoms with van der Waals surface area (Å²) in [4.78, 5) is 11.7. The molecule has 2 aromatic rings. The summed E-state index contributed by atoms with van der Waals surface area (Å²) in [6, 6.07) is 13.7. The summed E-state index contributed by atoms with van der Waals surface area (Å²) < 4.78 is 6.94. The quantitative estimate of drug-likeness (QED) is 0.729. The van der Waals surface area contributed by atoms with Gasteiger partial charge in [0, 0.05) is 18.3 Å². The van der Waals surface area contributed by atoms with E-state index in [1.807, 2.05) is 42.5 Å². The Balaban J connectivity index is 1.95. The van der Waals surface area contributed by atoms with E-state index in [4.69, 9.17) is 4.74 Å². The fourth-order valence-corrected chi connectivity index (χ4v) is 2.02. The lowest BCUT2D eigenvalue weighted by molar-refractivity contribution is 0.0849. The van der Waals surface area contributed by atoms with Crippen LogP contribution >= 0.6 is 0 Å². The zero-order chi connectivity index (χ0) is 11.0. The summed E-state index contributed by atoms with van der Waals surface area (Å²) in [6.45, 7) is 0. The average molecular weight is 213 g/mol. The number of rotatable bonds is 1. The molecule has 1 unspecified atom stereocenters. The van der Waals surface area contributed by atoms with Gasteiger partial charge < -0.3 is 4.74 Å². The molecule has 1 aliphatic heterocycles. The second kappa shape index (κ2) is 3.52. The molecule has 0 radical (unpaired) electrons. The van der Waals surface area contributed by atoms with Gasteiger partial charge in [-0.15, -0.1) is 0 Å². The second-order valence-corrected chi connectivity index (χ2v) is 3.86.